The first-order chi connectivity index (χ1) is 14.0. The minimum Gasteiger partial charge on any atom is -0.366 e. The van der Waals surface area contributed by atoms with Crippen LogP contribution in [0.25, 0.3) is 5.78 Å². The van der Waals surface area contributed by atoms with Crippen molar-refractivity contribution in [3.63, 3.8) is 0 Å². The standard InChI is InChI=1S/C20H22N8O/c1-13-17(14(2)28-20(24-13)25-19(21)26-28)10-18(29)22-11-15-6-3-4-7-16(15)12-27-9-5-8-23-27/h3-9H,10-12H2,1-2H3,(H2,21,26)(H,22,29). The molecule has 9 nitrogen and oxygen atoms in total. The predicted molar refractivity (Wildman–Crippen MR) is 108 cm³/mol. The fraction of sp³-hybridized carbons (Fsp3) is 0.250. The molecule has 0 aliphatic rings. The number of carbonyl (C=O) groups is 1. The summed E-state index contributed by atoms with van der Waals surface area (Å²) < 4.78 is 3.43. The summed E-state index contributed by atoms with van der Waals surface area (Å²) in [5.41, 5.74) is 10.2. The van der Waals surface area contributed by atoms with Crippen molar-refractivity contribution < 1.29 is 4.79 Å². The lowest BCUT2D eigenvalue weighted by Gasteiger charge is -2.13. The Morgan fingerprint density at radius 2 is 1.93 bits per heavy atom. The summed E-state index contributed by atoms with van der Waals surface area (Å²) in [5, 5.41) is 11.4. The van der Waals surface area contributed by atoms with Crippen LogP contribution in [0.1, 0.15) is 28.1 Å². The molecule has 29 heavy (non-hydrogen) atoms. The molecule has 1 amide bonds. The molecule has 1 aromatic carbocycles. The van der Waals surface area contributed by atoms with Crippen molar-refractivity contribution in [2.24, 2.45) is 0 Å². The first-order valence-electron chi connectivity index (χ1n) is 9.30. The maximum Gasteiger partial charge on any atom is 0.254 e. The summed E-state index contributed by atoms with van der Waals surface area (Å²) in [4.78, 5) is 21.1. The molecule has 0 unspecified atom stereocenters. The van der Waals surface area contributed by atoms with E-state index in [1.165, 1.54) is 0 Å². The van der Waals surface area contributed by atoms with Crippen LogP contribution in [0.4, 0.5) is 5.95 Å². The highest BCUT2D eigenvalue weighted by molar-refractivity contribution is 5.79. The van der Waals surface area contributed by atoms with E-state index in [0.717, 1.165) is 28.1 Å². The number of rotatable bonds is 6. The van der Waals surface area contributed by atoms with Crippen molar-refractivity contribution in [3.05, 3.63) is 70.8 Å². The van der Waals surface area contributed by atoms with Gasteiger partial charge in [0.25, 0.3) is 5.78 Å². The lowest BCUT2D eigenvalue weighted by atomic mass is 10.1. The number of hydrogen-bond donors (Lipinski definition) is 2. The fourth-order valence-electron chi connectivity index (χ4n) is 3.35. The van der Waals surface area contributed by atoms with Gasteiger partial charge in [-0.25, -0.2) is 4.98 Å². The molecule has 9 heteroatoms. The normalized spacial score (nSPS) is 11.1. The topological polar surface area (TPSA) is 116 Å². The lowest BCUT2D eigenvalue weighted by molar-refractivity contribution is -0.120. The van der Waals surface area contributed by atoms with Gasteiger partial charge in [-0.05, 0) is 31.0 Å². The second-order valence-electron chi connectivity index (χ2n) is 6.87. The van der Waals surface area contributed by atoms with Crippen molar-refractivity contribution in [2.45, 2.75) is 33.4 Å². The molecule has 0 saturated carbocycles. The van der Waals surface area contributed by atoms with Gasteiger partial charge in [0.15, 0.2) is 0 Å². The molecule has 0 saturated heterocycles. The van der Waals surface area contributed by atoms with Crippen molar-refractivity contribution >= 4 is 17.6 Å². The number of hydrogen-bond acceptors (Lipinski definition) is 6. The first-order valence-corrected chi connectivity index (χ1v) is 9.30. The first kappa shape index (κ1) is 18.6. The van der Waals surface area contributed by atoms with Gasteiger partial charge in [-0.1, -0.05) is 24.3 Å². The van der Waals surface area contributed by atoms with Crippen LogP contribution in [-0.4, -0.2) is 35.3 Å². The van der Waals surface area contributed by atoms with Gasteiger partial charge in [0.1, 0.15) is 0 Å². The van der Waals surface area contributed by atoms with E-state index < -0.39 is 0 Å². The van der Waals surface area contributed by atoms with E-state index in [4.69, 9.17) is 5.73 Å². The molecule has 4 rings (SSSR count). The van der Waals surface area contributed by atoms with Crippen LogP contribution in [0.2, 0.25) is 0 Å². The monoisotopic (exact) mass is 390 g/mol. The number of benzene rings is 1. The van der Waals surface area contributed by atoms with Crippen LogP contribution >= 0.6 is 0 Å². The number of nitrogens with one attached hydrogen (secondary N) is 1. The Hall–Kier alpha value is -3.75. The van der Waals surface area contributed by atoms with E-state index in [1.807, 2.05) is 55.1 Å². The summed E-state index contributed by atoms with van der Waals surface area (Å²) in [5.74, 6) is 0.518. The SMILES string of the molecule is Cc1nc2nc(N)nn2c(C)c1CC(=O)NCc1ccccc1Cn1cccn1. The molecule has 0 aliphatic heterocycles. The molecular weight excluding hydrogens is 368 g/mol. The number of aromatic nitrogens is 6. The second kappa shape index (κ2) is 7.70. The molecule has 0 spiro atoms. The maximum atomic E-state index is 12.6. The van der Waals surface area contributed by atoms with Gasteiger partial charge < -0.3 is 11.1 Å². The van der Waals surface area contributed by atoms with Crippen LogP contribution in [0, 0.1) is 13.8 Å². The van der Waals surface area contributed by atoms with Crippen molar-refractivity contribution in [1.82, 2.24) is 34.7 Å². The average Bonchev–Trinajstić information content (AvgIpc) is 3.33. The summed E-state index contributed by atoms with van der Waals surface area (Å²) >= 11 is 0. The fourth-order valence-corrected chi connectivity index (χ4v) is 3.35. The van der Waals surface area contributed by atoms with E-state index >= 15 is 0 Å². The summed E-state index contributed by atoms with van der Waals surface area (Å²) in [6.45, 7) is 4.85. The van der Waals surface area contributed by atoms with E-state index in [9.17, 15) is 4.79 Å². The van der Waals surface area contributed by atoms with E-state index in [-0.39, 0.29) is 18.3 Å². The van der Waals surface area contributed by atoms with E-state index in [2.05, 4.69) is 25.5 Å². The quantitative estimate of drug-likeness (QED) is 0.514. The maximum absolute atomic E-state index is 12.6. The van der Waals surface area contributed by atoms with Crippen LogP contribution in [0.5, 0.6) is 0 Å². The third kappa shape index (κ3) is 3.93. The molecule has 4 aromatic rings. The van der Waals surface area contributed by atoms with Crippen LogP contribution in [0.15, 0.2) is 42.7 Å². The van der Waals surface area contributed by atoms with Gasteiger partial charge in [0, 0.05) is 35.9 Å². The Labute approximate surface area is 167 Å². The van der Waals surface area contributed by atoms with Gasteiger partial charge in [-0.15, -0.1) is 5.10 Å². The third-order valence-corrected chi connectivity index (χ3v) is 4.89. The van der Waals surface area contributed by atoms with Crippen molar-refractivity contribution in [2.75, 3.05) is 5.73 Å². The van der Waals surface area contributed by atoms with Gasteiger partial charge in [0.05, 0.1) is 13.0 Å². The van der Waals surface area contributed by atoms with Gasteiger partial charge in [-0.3, -0.25) is 9.48 Å². The van der Waals surface area contributed by atoms with Crippen LogP contribution < -0.4 is 11.1 Å². The minimum absolute atomic E-state index is 0.0840. The van der Waals surface area contributed by atoms with E-state index in [0.29, 0.717) is 18.9 Å². The Morgan fingerprint density at radius 3 is 2.69 bits per heavy atom. The van der Waals surface area contributed by atoms with Gasteiger partial charge in [-0.2, -0.15) is 14.6 Å². The molecule has 0 fully saturated rings. The Kier molecular flexibility index (Phi) is 4.94. The average molecular weight is 390 g/mol. The summed E-state index contributed by atoms with van der Waals surface area (Å²) in [6, 6.07) is 9.91. The minimum atomic E-state index is -0.0840. The summed E-state index contributed by atoms with van der Waals surface area (Å²) in [6.07, 6.45) is 3.88. The highest BCUT2D eigenvalue weighted by atomic mass is 16.1. The highest BCUT2D eigenvalue weighted by Crippen LogP contribution is 2.15. The molecule has 0 radical (unpaired) electrons. The number of amides is 1. The van der Waals surface area contributed by atoms with Gasteiger partial charge in [0.2, 0.25) is 11.9 Å². The summed E-state index contributed by atoms with van der Waals surface area (Å²) in [7, 11) is 0. The molecular formula is C20H22N8O. The molecule has 0 aliphatic carbocycles. The highest BCUT2D eigenvalue weighted by Gasteiger charge is 2.15. The number of nitrogens with zero attached hydrogens (tertiary/aromatic N) is 6. The molecule has 3 N–H and O–H groups in total. The van der Waals surface area contributed by atoms with Crippen molar-refractivity contribution in [3.8, 4) is 0 Å². The molecule has 148 valence electrons. The van der Waals surface area contributed by atoms with Gasteiger partial charge >= 0.3 is 0 Å². The Balaban J connectivity index is 1.47. The van der Waals surface area contributed by atoms with Crippen LogP contribution in [0.3, 0.4) is 0 Å². The molecule has 0 atom stereocenters. The third-order valence-electron chi connectivity index (χ3n) is 4.89. The number of carbonyl (C=O) groups excluding carboxylic acids is 1. The largest absolute Gasteiger partial charge is 0.366 e. The zero-order chi connectivity index (χ0) is 20.4. The Morgan fingerprint density at radius 1 is 1.14 bits per heavy atom. The number of anilines is 1. The molecule has 3 aromatic heterocycles. The Bertz CT molecular complexity index is 1160. The van der Waals surface area contributed by atoms with E-state index in [1.54, 1.807) is 10.7 Å². The second-order valence-corrected chi connectivity index (χ2v) is 6.87. The lowest BCUT2D eigenvalue weighted by Crippen LogP contribution is -2.26. The zero-order valence-electron chi connectivity index (χ0n) is 16.3. The molecule has 3 heterocycles. The number of nitrogen functional groups attached to an aromatic ring is 1. The number of fused-ring (bicyclic) bond motifs is 1. The zero-order valence-corrected chi connectivity index (χ0v) is 16.3. The number of nitrogens with two attached hydrogens (primary N) is 1. The molecule has 0 bridgehead atoms. The van der Waals surface area contributed by atoms with Crippen molar-refractivity contribution in [1.29, 1.82) is 0 Å². The predicted octanol–water partition coefficient (Wildman–Crippen LogP) is 1.43. The number of aryl methyl sites for hydroxylation is 2. The van der Waals surface area contributed by atoms with Crippen LogP contribution in [-0.2, 0) is 24.3 Å². The smallest absolute Gasteiger partial charge is 0.254 e.